The van der Waals surface area contributed by atoms with Crippen LogP contribution in [0.4, 0.5) is 0 Å². The van der Waals surface area contributed by atoms with Gasteiger partial charge in [-0.05, 0) is 89.0 Å². The number of aryl methyl sites for hydroxylation is 4. The largest absolute Gasteiger partial charge is 0.0843 e. The second kappa shape index (κ2) is 8.76. The molecule has 0 heterocycles. The molecule has 0 bridgehead atoms. The van der Waals surface area contributed by atoms with Crippen molar-refractivity contribution in [2.24, 2.45) is 5.41 Å². The highest BCUT2D eigenvalue weighted by Gasteiger charge is 2.48. The molecule has 2 aliphatic rings. The van der Waals surface area contributed by atoms with E-state index in [4.69, 9.17) is 0 Å². The highest BCUT2D eigenvalue weighted by Crippen LogP contribution is 2.56. The summed E-state index contributed by atoms with van der Waals surface area (Å²) < 4.78 is 0. The van der Waals surface area contributed by atoms with Crippen LogP contribution in [0.1, 0.15) is 68.4 Å². The maximum atomic E-state index is 2.47. The first-order valence-corrected chi connectivity index (χ1v) is 13.9. The van der Waals surface area contributed by atoms with E-state index in [1.54, 1.807) is 27.1 Å². The molecule has 0 nitrogen and oxygen atoms in total. The monoisotopic (exact) mass is 452 g/mol. The Morgan fingerprint density at radius 1 is 0.818 bits per heavy atom. The van der Waals surface area contributed by atoms with Gasteiger partial charge in [-0.2, -0.15) is 0 Å². The molecule has 4 rings (SSSR count). The first-order chi connectivity index (χ1) is 15.6. The van der Waals surface area contributed by atoms with Gasteiger partial charge < -0.3 is 0 Å². The molecule has 2 aromatic rings. The van der Waals surface area contributed by atoms with E-state index in [0.717, 1.165) is 12.8 Å². The molecule has 172 valence electrons. The zero-order chi connectivity index (χ0) is 24.0. The maximum Gasteiger partial charge on any atom is 0.0843 e. The third-order valence-electron chi connectivity index (χ3n) is 8.30. The quantitative estimate of drug-likeness (QED) is 0.421. The lowest BCUT2D eigenvalue weighted by atomic mass is 9.62. The summed E-state index contributed by atoms with van der Waals surface area (Å²) in [6, 6.07) is 14.1. The molecule has 0 spiro atoms. The average Bonchev–Trinajstić information content (AvgIpc) is 2.90. The summed E-state index contributed by atoms with van der Waals surface area (Å²) in [5, 5.41) is 3.31. The summed E-state index contributed by atoms with van der Waals surface area (Å²) in [4.78, 5) is 0. The predicted molar refractivity (Wildman–Crippen MR) is 148 cm³/mol. The maximum absolute atomic E-state index is 2.47. The van der Waals surface area contributed by atoms with Crippen LogP contribution in [0.15, 0.2) is 82.6 Å². The molecule has 2 atom stereocenters. The topological polar surface area (TPSA) is 0 Å². The summed E-state index contributed by atoms with van der Waals surface area (Å²) in [5.74, 6) is 0. The Bertz CT molecular complexity index is 1180. The molecule has 0 aliphatic heterocycles. The smallest absolute Gasteiger partial charge is 0.0837 e. The molecule has 2 aliphatic carbocycles. The molecule has 0 amide bonds. The van der Waals surface area contributed by atoms with Crippen LogP contribution in [0.5, 0.6) is 0 Å². The number of hydrogen-bond acceptors (Lipinski definition) is 0. The van der Waals surface area contributed by atoms with E-state index in [-0.39, 0.29) is 10.8 Å². The third kappa shape index (κ3) is 4.17. The van der Waals surface area contributed by atoms with Crippen LogP contribution >= 0.6 is 0 Å². The molecule has 0 radical (unpaired) electrons. The number of allylic oxidation sites excluding steroid dienone is 8. The van der Waals surface area contributed by atoms with Crippen LogP contribution in [-0.4, -0.2) is 9.52 Å². The second-order valence-electron chi connectivity index (χ2n) is 11.0. The van der Waals surface area contributed by atoms with Crippen molar-refractivity contribution in [2.45, 2.75) is 73.6 Å². The zero-order valence-electron chi connectivity index (χ0n) is 21.9. The fraction of sp³-hybridized carbons (Fsp3) is 0.375. The Morgan fingerprint density at radius 2 is 1.45 bits per heavy atom. The van der Waals surface area contributed by atoms with Gasteiger partial charge >= 0.3 is 0 Å². The summed E-state index contributed by atoms with van der Waals surface area (Å²) in [6.45, 7) is 18.8. The van der Waals surface area contributed by atoms with E-state index in [2.05, 4.69) is 116 Å². The molecule has 0 N–H and O–H groups in total. The molecule has 1 heteroatoms. The average molecular weight is 453 g/mol. The van der Waals surface area contributed by atoms with Crippen molar-refractivity contribution in [2.75, 3.05) is 0 Å². The third-order valence-corrected chi connectivity index (χ3v) is 10.6. The lowest BCUT2D eigenvalue weighted by Gasteiger charge is -2.44. The minimum Gasteiger partial charge on any atom is -0.0837 e. The SMILES string of the molecule is CC1=C(C)C(CC2(C)C=CC=CC2)(c2c(C)cccc2C)C([SiH2]c2cc(C)cc(C)c2)=C1C. The Kier molecular flexibility index (Phi) is 6.31. The van der Waals surface area contributed by atoms with Gasteiger partial charge in [0, 0.05) is 5.41 Å². The van der Waals surface area contributed by atoms with Gasteiger partial charge in [0.1, 0.15) is 0 Å². The van der Waals surface area contributed by atoms with Crippen molar-refractivity contribution in [1.29, 1.82) is 0 Å². The normalized spacial score (nSPS) is 25.2. The van der Waals surface area contributed by atoms with Crippen molar-refractivity contribution in [3.05, 3.63) is 110 Å². The first kappa shape index (κ1) is 23.8. The second-order valence-corrected chi connectivity index (χ2v) is 12.9. The van der Waals surface area contributed by atoms with Gasteiger partial charge in [-0.25, -0.2) is 0 Å². The van der Waals surface area contributed by atoms with Gasteiger partial charge in [0.25, 0.3) is 0 Å². The van der Waals surface area contributed by atoms with E-state index >= 15 is 0 Å². The van der Waals surface area contributed by atoms with Crippen LogP contribution in [-0.2, 0) is 5.41 Å². The fourth-order valence-corrected chi connectivity index (χ4v) is 9.35. The predicted octanol–water partition coefficient (Wildman–Crippen LogP) is 7.19. The Balaban J connectivity index is 1.98. The molecule has 0 aromatic heterocycles. The van der Waals surface area contributed by atoms with Crippen molar-refractivity contribution in [1.82, 2.24) is 0 Å². The molecular weight excluding hydrogens is 412 g/mol. The summed E-state index contributed by atoms with van der Waals surface area (Å²) >= 11 is 0. The molecular formula is C32H40Si. The van der Waals surface area contributed by atoms with Gasteiger partial charge in [0.15, 0.2) is 0 Å². The number of rotatable bonds is 5. The number of hydrogen-bond donors (Lipinski definition) is 0. The minimum absolute atomic E-state index is 0.0161. The van der Waals surface area contributed by atoms with E-state index in [1.807, 2.05) is 0 Å². The van der Waals surface area contributed by atoms with Crippen molar-refractivity contribution < 1.29 is 0 Å². The minimum atomic E-state index is -0.645. The Morgan fingerprint density at radius 3 is 2.03 bits per heavy atom. The molecule has 2 aromatic carbocycles. The van der Waals surface area contributed by atoms with E-state index < -0.39 is 9.52 Å². The van der Waals surface area contributed by atoms with E-state index in [0.29, 0.717) is 0 Å². The van der Waals surface area contributed by atoms with Crippen LogP contribution in [0, 0.1) is 33.1 Å². The molecule has 33 heavy (non-hydrogen) atoms. The summed E-state index contributed by atoms with van der Waals surface area (Å²) in [7, 11) is -0.645. The lowest BCUT2D eigenvalue weighted by Crippen LogP contribution is -2.40. The van der Waals surface area contributed by atoms with E-state index in [1.165, 1.54) is 27.8 Å². The van der Waals surface area contributed by atoms with Crippen molar-refractivity contribution in [3.63, 3.8) is 0 Å². The number of benzene rings is 2. The van der Waals surface area contributed by atoms with Crippen molar-refractivity contribution >= 4 is 14.7 Å². The zero-order valence-corrected chi connectivity index (χ0v) is 23.3. The van der Waals surface area contributed by atoms with Crippen molar-refractivity contribution in [3.8, 4) is 0 Å². The van der Waals surface area contributed by atoms with Crippen LogP contribution < -0.4 is 5.19 Å². The van der Waals surface area contributed by atoms with Gasteiger partial charge in [-0.15, -0.1) is 0 Å². The highest BCUT2D eigenvalue weighted by atomic mass is 28.2. The van der Waals surface area contributed by atoms with Crippen LogP contribution in [0.2, 0.25) is 0 Å². The van der Waals surface area contributed by atoms with Gasteiger partial charge in [0.05, 0.1) is 9.52 Å². The van der Waals surface area contributed by atoms with Gasteiger partial charge in [-0.3, -0.25) is 0 Å². The highest BCUT2D eigenvalue weighted by molar-refractivity contribution is 6.62. The van der Waals surface area contributed by atoms with E-state index in [9.17, 15) is 0 Å². The standard InChI is InChI=1S/C32H40Si/c1-21-17-22(2)19-28(18-21)33-30-26(6)25(5)27(7)32(30,20-31(8)15-10-9-11-16-31)29-23(3)13-12-14-24(29)4/h9-15,17-19H,16,20,33H2,1-8H3. The molecule has 0 saturated carbocycles. The van der Waals surface area contributed by atoms with Gasteiger partial charge in [0.2, 0.25) is 0 Å². The summed E-state index contributed by atoms with van der Waals surface area (Å²) in [5.41, 5.74) is 12.0. The molecule has 0 saturated heterocycles. The Hall–Kier alpha value is -2.38. The first-order valence-electron chi connectivity index (χ1n) is 12.4. The van der Waals surface area contributed by atoms with Crippen LogP contribution in [0.3, 0.4) is 0 Å². The fourth-order valence-electron chi connectivity index (χ4n) is 6.70. The lowest BCUT2D eigenvalue weighted by molar-refractivity contribution is 0.326. The summed E-state index contributed by atoms with van der Waals surface area (Å²) in [6.07, 6.45) is 11.5. The van der Waals surface area contributed by atoms with Crippen LogP contribution in [0.25, 0.3) is 0 Å². The van der Waals surface area contributed by atoms with Gasteiger partial charge in [-0.1, -0.05) is 100 Å². The molecule has 0 fully saturated rings. The molecule has 2 unspecified atom stereocenters. The Labute approximate surface area is 204 Å².